The van der Waals surface area contributed by atoms with Crippen LogP contribution in [0.15, 0.2) is 46.9 Å². The molecule has 3 aromatic rings. The van der Waals surface area contributed by atoms with Crippen molar-refractivity contribution in [1.82, 2.24) is 10.3 Å². The van der Waals surface area contributed by atoms with E-state index in [9.17, 15) is 9.59 Å². The molecule has 0 spiro atoms. The number of hydrogen-bond acceptors (Lipinski definition) is 5. The van der Waals surface area contributed by atoms with Crippen LogP contribution in [0.25, 0.3) is 11.1 Å². The third kappa shape index (κ3) is 4.12. The van der Waals surface area contributed by atoms with E-state index in [0.717, 1.165) is 0 Å². The van der Waals surface area contributed by atoms with Crippen molar-refractivity contribution in [2.45, 2.75) is 6.42 Å². The molecule has 0 bridgehead atoms. The van der Waals surface area contributed by atoms with Gasteiger partial charge in [-0.05, 0) is 41.9 Å². The molecule has 7 nitrogen and oxygen atoms in total. The van der Waals surface area contributed by atoms with E-state index < -0.39 is 0 Å². The van der Waals surface area contributed by atoms with Gasteiger partial charge in [-0.2, -0.15) is 4.98 Å². The van der Waals surface area contributed by atoms with Crippen molar-refractivity contribution in [2.24, 2.45) is 0 Å². The molecule has 0 radical (unpaired) electrons. The molecule has 2 aromatic carbocycles. The van der Waals surface area contributed by atoms with Gasteiger partial charge in [0.15, 0.2) is 5.58 Å². The molecule has 0 aliphatic carbocycles. The molecule has 2 amide bonds. The Morgan fingerprint density at radius 1 is 1.23 bits per heavy atom. The summed E-state index contributed by atoms with van der Waals surface area (Å²) in [5.74, 6) is 0.0284. The van der Waals surface area contributed by atoms with Gasteiger partial charge in [0.05, 0.1) is 12.8 Å². The number of amides is 2. The first-order chi connectivity index (χ1) is 12.6. The number of para-hydroxylation sites is 2. The van der Waals surface area contributed by atoms with Crippen molar-refractivity contribution in [3.63, 3.8) is 0 Å². The first kappa shape index (κ1) is 17.8. The number of aromatic nitrogens is 1. The molecule has 1 aromatic heterocycles. The lowest BCUT2D eigenvalue weighted by Crippen LogP contribution is -2.27. The van der Waals surface area contributed by atoms with Gasteiger partial charge in [-0.15, -0.1) is 0 Å². The third-order valence-corrected chi connectivity index (χ3v) is 3.80. The van der Waals surface area contributed by atoms with Crippen LogP contribution in [0.4, 0.5) is 5.69 Å². The molecule has 0 aliphatic heterocycles. The fourth-order valence-electron chi connectivity index (χ4n) is 2.39. The van der Waals surface area contributed by atoms with Crippen molar-refractivity contribution < 1.29 is 18.7 Å². The summed E-state index contributed by atoms with van der Waals surface area (Å²) in [6.45, 7) is 0.189. The Kier molecular flexibility index (Phi) is 5.38. The summed E-state index contributed by atoms with van der Waals surface area (Å²) in [6.07, 6.45) is 0.125. The summed E-state index contributed by atoms with van der Waals surface area (Å²) < 4.78 is 10.4. The van der Waals surface area contributed by atoms with Gasteiger partial charge >= 0.3 is 0 Å². The van der Waals surface area contributed by atoms with Crippen molar-refractivity contribution >= 4 is 40.2 Å². The number of benzene rings is 2. The molecular formula is C18H16ClN3O4. The Hall–Kier alpha value is -3.06. The van der Waals surface area contributed by atoms with Crippen LogP contribution in [0, 0.1) is 0 Å². The summed E-state index contributed by atoms with van der Waals surface area (Å²) in [7, 11) is 1.53. The highest BCUT2D eigenvalue weighted by molar-refractivity contribution is 6.28. The number of anilines is 1. The Morgan fingerprint density at radius 3 is 2.85 bits per heavy atom. The van der Waals surface area contributed by atoms with Crippen LogP contribution in [0.5, 0.6) is 5.75 Å². The number of rotatable bonds is 6. The number of nitrogens with one attached hydrogen (secondary N) is 2. The maximum atomic E-state index is 12.2. The smallest absolute Gasteiger partial charge is 0.293 e. The first-order valence-corrected chi connectivity index (χ1v) is 8.22. The van der Waals surface area contributed by atoms with E-state index in [1.54, 1.807) is 36.4 Å². The van der Waals surface area contributed by atoms with Gasteiger partial charge in [-0.1, -0.05) is 12.1 Å². The lowest BCUT2D eigenvalue weighted by molar-refractivity contribution is -0.116. The van der Waals surface area contributed by atoms with Crippen LogP contribution in [0.2, 0.25) is 5.35 Å². The second kappa shape index (κ2) is 7.88. The fourth-order valence-corrected chi connectivity index (χ4v) is 2.56. The van der Waals surface area contributed by atoms with Crippen LogP contribution < -0.4 is 15.4 Å². The number of oxazole rings is 1. The zero-order chi connectivity index (χ0) is 18.5. The summed E-state index contributed by atoms with van der Waals surface area (Å²) in [4.78, 5) is 28.2. The average molecular weight is 374 g/mol. The number of hydrogen-bond donors (Lipinski definition) is 2. The van der Waals surface area contributed by atoms with Crippen LogP contribution in [-0.2, 0) is 4.79 Å². The van der Waals surface area contributed by atoms with Crippen LogP contribution >= 0.6 is 11.6 Å². The van der Waals surface area contributed by atoms with E-state index in [4.69, 9.17) is 20.8 Å². The van der Waals surface area contributed by atoms with Crippen molar-refractivity contribution in [2.75, 3.05) is 19.0 Å². The Bertz CT molecular complexity index is 955. The van der Waals surface area contributed by atoms with Gasteiger partial charge in [0.1, 0.15) is 11.3 Å². The molecule has 0 fully saturated rings. The van der Waals surface area contributed by atoms with Crippen LogP contribution in [-0.4, -0.2) is 30.5 Å². The van der Waals surface area contributed by atoms with E-state index in [-0.39, 0.29) is 30.1 Å². The van der Waals surface area contributed by atoms with Gasteiger partial charge in [-0.3, -0.25) is 9.59 Å². The quantitative estimate of drug-likeness (QED) is 0.691. The molecule has 0 saturated carbocycles. The molecule has 2 N–H and O–H groups in total. The van der Waals surface area contributed by atoms with Gasteiger partial charge in [0.25, 0.3) is 11.3 Å². The van der Waals surface area contributed by atoms with Crippen molar-refractivity contribution in [1.29, 1.82) is 0 Å². The summed E-state index contributed by atoms with van der Waals surface area (Å²) >= 11 is 5.69. The van der Waals surface area contributed by atoms with Crippen molar-refractivity contribution in [3.8, 4) is 5.75 Å². The van der Waals surface area contributed by atoms with Gasteiger partial charge in [0, 0.05) is 18.5 Å². The number of carbonyl (C=O) groups is 2. The predicted molar refractivity (Wildman–Crippen MR) is 97.6 cm³/mol. The third-order valence-electron chi connectivity index (χ3n) is 3.64. The topological polar surface area (TPSA) is 93.5 Å². The number of methoxy groups -OCH3 is 1. The zero-order valence-corrected chi connectivity index (χ0v) is 14.7. The number of fused-ring (bicyclic) bond motifs is 1. The normalized spacial score (nSPS) is 10.5. The maximum absolute atomic E-state index is 12.2. The second-order valence-corrected chi connectivity index (χ2v) is 5.73. The molecule has 26 heavy (non-hydrogen) atoms. The Labute approximate surface area is 154 Å². The minimum absolute atomic E-state index is 0.0190. The minimum atomic E-state index is -0.315. The molecule has 0 aliphatic rings. The predicted octanol–water partition coefficient (Wildman–Crippen LogP) is 3.25. The molecule has 0 unspecified atom stereocenters. The SMILES string of the molecule is COc1ccccc1NC(=O)CCNC(=O)c1ccc2nc(Cl)oc2c1. The molecule has 3 rings (SSSR count). The minimum Gasteiger partial charge on any atom is -0.495 e. The lowest BCUT2D eigenvalue weighted by Gasteiger charge is -2.10. The molecule has 0 atom stereocenters. The summed E-state index contributed by atoms with van der Waals surface area (Å²) in [5, 5.41) is 5.46. The summed E-state index contributed by atoms with van der Waals surface area (Å²) in [6, 6.07) is 11.9. The number of halogens is 1. The van der Waals surface area contributed by atoms with E-state index in [2.05, 4.69) is 15.6 Å². The van der Waals surface area contributed by atoms with E-state index >= 15 is 0 Å². The van der Waals surface area contributed by atoms with Crippen molar-refractivity contribution in [3.05, 3.63) is 53.4 Å². The van der Waals surface area contributed by atoms with E-state index in [1.807, 2.05) is 6.07 Å². The maximum Gasteiger partial charge on any atom is 0.293 e. The summed E-state index contributed by atoms with van der Waals surface area (Å²) in [5.41, 5.74) is 1.98. The molecular weight excluding hydrogens is 358 g/mol. The fraction of sp³-hybridized carbons (Fsp3) is 0.167. The van der Waals surface area contributed by atoms with Gasteiger partial charge in [0.2, 0.25) is 5.91 Å². The molecule has 134 valence electrons. The number of nitrogens with zero attached hydrogens (tertiary/aromatic N) is 1. The Morgan fingerprint density at radius 2 is 2.04 bits per heavy atom. The highest BCUT2D eigenvalue weighted by atomic mass is 35.5. The highest BCUT2D eigenvalue weighted by Crippen LogP contribution is 2.23. The Balaban J connectivity index is 1.53. The van der Waals surface area contributed by atoms with Gasteiger partial charge in [-0.25, -0.2) is 0 Å². The number of carbonyl (C=O) groups excluding carboxylic acids is 2. The second-order valence-electron chi connectivity index (χ2n) is 5.40. The van der Waals surface area contributed by atoms with E-state index in [1.165, 1.54) is 7.11 Å². The standard InChI is InChI=1S/C18H16ClN3O4/c1-25-14-5-3-2-4-12(14)21-16(23)8-9-20-17(24)11-6-7-13-15(10-11)26-18(19)22-13/h2-7,10H,8-9H2,1H3,(H,20,24)(H,21,23). The molecule has 0 saturated heterocycles. The highest BCUT2D eigenvalue weighted by Gasteiger charge is 2.11. The largest absolute Gasteiger partial charge is 0.495 e. The zero-order valence-electron chi connectivity index (χ0n) is 13.9. The molecule has 1 heterocycles. The first-order valence-electron chi connectivity index (χ1n) is 7.84. The lowest BCUT2D eigenvalue weighted by atomic mass is 10.2. The van der Waals surface area contributed by atoms with Crippen LogP contribution in [0.3, 0.4) is 0 Å². The van der Waals surface area contributed by atoms with Crippen LogP contribution in [0.1, 0.15) is 16.8 Å². The monoisotopic (exact) mass is 373 g/mol. The molecule has 8 heteroatoms. The average Bonchev–Trinajstić information content (AvgIpc) is 3.01. The van der Waals surface area contributed by atoms with E-state index in [0.29, 0.717) is 28.1 Å². The number of ether oxygens (including phenoxy) is 1. The van der Waals surface area contributed by atoms with Gasteiger partial charge < -0.3 is 19.8 Å².